The molecule has 0 spiro atoms. The number of imide groups is 1. The lowest BCUT2D eigenvalue weighted by Gasteiger charge is -2.34. The summed E-state index contributed by atoms with van der Waals surface area (Å²) in [4.78, 5) is 40.4. The highest BCUT2D eigenvalue weighted by molar-refractivity contribution is 6.58. The molecule has 3 atom stereocenters. The van der Waals surface area contributed by atoms with Crippen LogP contribution in [0.2, 0.25) is 13.1 Å². The number of imidazole rings is 1. The minimum Gasteiger partial charge on any atom is -0.443 e. The van der Waals surface area contributed by atoms with Gasteiger partial charge in [0.15, 0.2) is 17.0 Å². The number of ether oxygens (including phenoxy) is 4. The molecule has 1 fully saturated rings. The van der Waals surface area contributed by atoms with Gasteiger partial charge < -0.3 is 24.1 Å². The summed E-state index contributed by atoms with van der Waals surface area (Å²) < 4.78 is 25.2. The smallest absolute Gasteiger partial charge is 0.425 e. The fourth-order valence-corrected chi connectivity index (χ4v) is 5.75. The molecule has 0 bridgehead atoms. The molecule has 0 aliphatic carbocycles. The van der Waals surface area contributed by atoms with Crippen molar-refractivity contribution in [2.45, 2.75) is 116 Å². The van der Waals surface area contributed by atoms with Crippen LogP contribution in [0.3, 0.4) is 0 Å². The Bertz CT molecular complexity index is 1170. The molecule has 39 heavy (non-hydrogen) atoms. The van der Waals surface area contributed by atoms with Gasteiger partial charge in [0.1, 0.15) is 37.8 Å². The van der Waals surface area contributed by atoms with E-state index in [4.69, 9.17) is 18.9 Å². The number of carbonyl (C=O) groups is 2. The van der Waals surface area contributed by atoms with Gasteiger partial charge in [-0.05, 0) is 62.3 Å². The molecule has 12 nitrogen and oxygen atoms in total. The first-order chi connectivity index (χ1) is 17.7. The van der Waals surface area contributed by atoms with Crippen molar-refractivity contribution in [1.82, 2.24) is 19.5 Å². The number of rotatable bonds is 5. The molecule has 2 aromatic heterocycles. The van der Waals surface area contributed by atoms with Gasteiger partial charge in [-0.3, -0.25) is 4.57 Å². The van der Waals surface area contributed by atoms with E-state index in [2.05, 4.69) is 28.0 Å². The van der Waals surface area contributed by atoms with Crippen LogP contribution in [-0.4, -0.2) is 81.2 Å². The summed E-state index contributed by atoms with van der Waals surface area (Å²) in [5.41, 5.74) is -1.63. The predicted octanol–water partition coefficient (Wildman–Crippen LogP) is 4.41. The highest BCUT2D eigenvalue weighted by atomic mass is 28.3. The van der Waals surface area contributed by atoms with E-state index in [0.717, 1.165) is 4.90 Å². The summed E-state index contributed by atoms with van der Waals surface area (Å²) in [6, 6.07) is 0. The molecule has 1 aliphatic rings. The second-order valence-corrected chi connectivity index (χ2v) is 15.7. The van der Waals surface area contributed by atoms with E-state index in [1.807, 2.05) is 20.8 Å². The quantitative estimate of drug-likeness (QED) is 0.520. The summed E-state index contributed by atoms with van der Waals surface area (Å²) in [7, 11) is -1.29. The Balaban J connectivity index is 2.10. The molecule has 1 radical (unpaired) electrons. The first kappa shape index (κ1) is 30.9. The van der Waals surface area contributed by atoms with Crippen molar-refractivity contribution >= 4 is 38.0 Å². The van der Waals surface area contributed by atoms with Crippen LogP contribution in [-0.2, 0) is 24.3 Å². The van der Waals surface area contributed by atoms with Gasteiger partial charge in [-0.2, -0.15) is 4.90 Å². The Kier molecular flexibility index (Phi) is 8.52. The monoisotopic (exact) mass is 564 g/mol. The van der Waals surface area contributed by atoms with E-state index in [0.29, 0.717) is 12.1 Å². The largest absolute Gasteiger partial charge is 0.443 e. The van der Waals surface area contributed by atoms with E-state index in [1.54, 1.807) is 52.4 Å². The summed E-state index contributed by atoms with van der Waals surface area (Å²) in [6.45, 7) is 20.4. The number of hydrogen-bond donors (Lipinski definition) is 1. The highest BCUT2D eigenvalue weighted by Crippen LogP contribution is 2.40. The van der Waals surface area contributed by atoms with Crippen molar-refractivity contribution in [3.05, 3.63) is 12.7 Å². The molecular weight excluding hydrogens is 522 g/mol. The fraction of sp³-hybridized carbons (Fsp3) is 0.731. The molecule has 1 N–H and O–H groups in total. The van der Waals surface area contributed by atoms with Crippen LogP contribution in [0.1, 0.15) is 68.7 Å². The van der Waals surface area contributed by atoms with Crippen LogP contribution in [0.4, 0.5) is 15.4 Å². The van der Waals surface area contributed by atoms with Crippen LogP contribution in [0.25, 0.3) is 11.2 Å². The van der Waals surface area contributed by atoms with E-state index >= 15 is 0 Å². The lowest BCUT2D eigenvalue weighted by atomic mass is 10.1. The number of fused-ring (bicyclic) bond motifs is 1. The second kappa shape index (κ2) is 10.8. The summed E-state index contributed by atoms with van der Waals surface area (Å²) in [5.74, 6) is -0.0791. The number of anilines is 1. The third-order valence-corrected chi connectivity index (χ3v) is 7.92. The van der Waals surface area contributed by atoms with Crippen LogP contribution in [0, 0.1) is 0 Å². The van der Waals surface area contributed by atoms with Crippen LogP contribution < -0.4 is 4.90 Å². The van der Waals surface area contributed by atoms with Crippen LogP contribution >= 0.6 is 0 Å². The third kappa shape index (κ3) is 7.13. The number of amides is 2. The zero-order valence-corrected chi connectivity index (χ0v) is 25.9. The Morgan fingerprint density at radius 3 is 2.08 bits per heavy atom. The van der Waals surface area contributed by atoms with Gasteiger partial charge in [0, 0.05) is 6.42 Å². The molecule has 13 heteroatoms. The number of carbonyl (C=O) groups excluding carboxylic acids is 2. The Morgan fingerprint density at radius 1 is 1.03 bits per heavy atom. The number of aromatic nitrogens is 4. The van der Waals surface area contributed by atoms with Crippen molar-refractivity contribution < 1.29 is 33.6 Å². The minimum absolute atomic E-state index is 0.0791. The molecule has 1 aliphatic heterocycles. The topological polar surface area (TPSA) is 138 Å². The second-order valence-electron chi connectivity index (χ2n) is 12.9. The van der Waals surface area contributed by atoms with E-state index in [9.17, 15) is 14.7 Å². The normalized spacial score (nSPS) is 22.4. The standard InChI is InChI=1S/C26H42N5O7Si/c1-23(2,3)35-13-17-16(32)12-26(36-17,39(10)11)30-15-29-18-19(30)27-14-28-20(18)31(21(33)37-24(4,5)6)22(34)38-25(7,8)9/h14-17,32H,12-13H2,1-11H3/t16-,17+,26-/m0/s1. The van der Waals surface area contributed by atoms with E-state index in [1.165, 1.54) is 6.33 Å². The van der Waals surface area contributed by atoms with Crippen molar-refractivity contribution in [3.8, 4) is 0 Å². The molecule has 3 rings (SSSR count). The first-order valence-electron chi connectivity index (χ1n) is 13.0. The maximum absolute atomic E-state index is 13.2. The first-order valence-corrected chi connectivity index (χ1v) is 15.5. The zero-order chi connectivity index (χ0) is 29.6. The van der Waals surface area contributed by atoms with Gasteiger partial charge >= 0.3 is 12.2 Å². The average molecular weight is 565 g/mol. The van der Waals surface area contributed by atoms with Crippen molar-refractivity contribution in [2.75, 3.05) is 11.5 Å². The average Bonchev–Trinajstić information content (AvgIpc) is 3.31. The Morgan fingerprint density at radius 2 is 1.59 bits per heavy atom. The van der Waals surface area contributed by atoms with Crippen molar-refractivity contribution in [1.29, 1.82) is 0 Å². The molecule has 0 aromatic carbocycles. The molecule has 3 heterocycles. The van der Waals surface area contributed by atoms with Crippen molar-refractivity contribution in [3.63, 3.8) is 0 Å². The summed E-state index contributed by atoms with van der Waals surface area (Å²) in [5, 5.41) is 10.0. The van der Waals surface area contributed by atoms with Gasteiger partial charge in [-0.25, -0.2) is 24.5 Å². The van der Waals surface area contributed by atoms with Crippen LogP contribution in [0.5, 0.6) is 0 Å². The summed E-state index contributed by atoms with van der Waals surface area (Å²) >= 11 is 0. The molecule has 1 saturated heterocycles. The Hall–Kier alpha value is -2.61. The van der Waals surface area contributed by atoms with Crippen LogP contribution in [0.15, 0.2) is 12.7 Å². The molecular formula is C26H42N5O7Si. The SMILES string of the molecule is C[Si](C)[C@]1(n2cnc3c(N(C(=O)OC(C)(C)C)C(=O)OC(C)(C)C)ncnc32)C[C@H](O)[C@@H](COC(C)(C)C)O1. The molecule has 2 aromatic rings. The van der Waals surface area contributed by atoms with Gasteiger partial charge in [-0.15, -0.1) is 0 Å². The fourth-order valence-electron chi connectivity index (χ4n) is 4.10. The zero-order valence-electron chi connectivity index (χ0n) is 24.9. The van der Waals surface area contributed by atoms with E-state index in [-0.39, 0.29) is 17.9 Å². The number of aliphatic hydroxyl groups is 1. The van der Waals surface area contributed by atoms with Gasteiger partial charge in [0.2, 0.25) is 0 Å². The lowest BCUT2D eigenvalue weighted by molar-refractivity contribution is -0.112. The molecule has 2 amide bonds. The highest BCUT2D eigenvalue weighted by Gasteiger charge is 2.51. The maximum Gasteiger partial charge on any atom is 0.425 e. The predicted molar refractivity (Wildman–Crippen MR) is 147 cm³/mol. The molecule has 217 valence electrons. The number of nitrogens with zero attached hydrogens (tertiary/aromatic N) is 5. The van der Waals surface area contributed by atoms with Gasteiger partial charge in [0.25, 0.3) is 0 Å². The molecule has 0 unspecified atom stereocenters. The Labute approximate surface area is 231 Å². The maximum atomic E-state index is 13.2. The summed E-state index contributed by atoms with van der Waals surface area (Å²) in [6.07, 6.45) is -0.141. The van der Waals surface area contributed by atoms with Gasteiger partial charge in [-0.1, -0.05) is 13.1 Å². The van der Waals surface area contributed by atoms with E-state index < -0.39 is 55.3 Å². The van der Waals surface area contributed by atoms with Crippen molar-refractivity contribution in [2.24, 2.45) is 0 Å². The number of aliphatic hydroxyl groups excluding tert-OH is 1. The molecule has 0 saturated carbocycles. The third-order valence-electron chi connectivity index (χ3n) is 5.79. The number of hydrogen-bond acceptors (Lipinski definition) is 10. The van der Waals surface area contributed by atoms with Gasteiger partial charge in [0.05, 0.1) is 24.6 Å². The lowest BCUT2D eigenvalue weighted by Crippen LogP contribution is -2.46. The minimum atomic E-state index is -1.29.